The highest BCUT2D eigenvalue weighted by Crippen LogP contribution is 2.32. The molecule has 26 heavy (non-hydrogen) atoms. The van der Waals surface area contributed by atoms with E-state index in [0.717, 1.165) is 29.0 Å². The van der Waals surface area contributed by atoms with Crippen molar-refractivity contribution in [2.75, 3.05) is 7.05 Å². The van der Waals surface area contributed by atoms with Crippen molar-refractivity contribution in [3.8, 4) is 11.3 Å². The van der Waals surface area contributed by atoms with E-state index in [1.807, 2.05) is 18.2 Å². The summed E-state index contributed by atoms with van der Waals surface area (Å²) < 4.78 is 5.41. The molecule has 0 bridgehead atoms. The van der Waals surface area contributed by atoms with E-state index >= 15 is 0 Å². The van der Waals surface area contributed by atoms with Crippen molar-refractivity contribution in [3.05, 3.63) is 57.7 Å². The molecule has 134 valence electrons. The van der Waals surface area contributed by atoms with Crippen molar-refractivity contribution in [1.29, 1.82) is 0 Å². The van der Waals surface area contributed by atoms with Gasteiger partial charge in [-0.1, -0.05) is 12.1 Å². The second kappa shape index (κ2) is 7.03. The summed E-state index contributed by atoms with van der Waals surface area (Å²) in [5.74, 6) is 1.42. The van der Waals surface area contributed by atoms with E-state index in [0.29, 0.717) is 18.2 Å². The predicted octanol–water partition coefficient (Wildman–Crippen LogP) is 4.20. The highest BCUT2D eigenvalue weighted by molar-refractivity contribution is 7.14. The van der Waals surface area contributed by atoms with Crippen LogP contribution in [0.5, 0.6) is 0 Å². The number of rotatable bonds is 4. The molecule has 6 heteroatoms. The molecule has 0 aromatic carbocycles. The molecule has 1 amide bonds. The van der Waals surface area contributed by atoms with Gasteiger partial charge in [-0.2, -0.15) is 0 Å². The Morgan fingerprint density at radius 3 is 2.96 bits per heavy atom. The molecule has 1 aliphatic rings. The van der Waals surface area contributed by atoms with Crippen molar-refractivity contribution >= 4 is 17.2 Å². The van der Waals surface area contributed by atoms with Gasteiger partial charge in [-0.15, -0.1) is 11.3 Å². The summed E-state index contributed by atoms with van der Waals surface area (Å²) in [5.41, 5.74) is 3.05. The number of hydrogen-bond acceptors (Lipinski definition) is 5. The van der Waals surface area contributed by atoms with Crippen LogP contribution in [0.25, 0.3) is 11.3 Å². The molecular formula is C20H21N3O2S. The number of hydrogen-bond donors (Lipinski definition) is 0. The van der Waals surface area contributed by atoms with Crippen LogP contribution in [-0.4, -0.2) is 28.0 Å². The fourth-order valence-electron chi connectivity index (χ4n) is 3.35. The standard InChI is InChI=1S/C20H21N3O2S/c1-13-3-4-18-15(9-13)10-19(26-18)20(24)23(2)12-16-11-17(22-25-16)14-5-7-21-8-6-14/h5-8,10-11,13H,3-4,9,12H2,1-2H3/t13-/m1/s1. The monoisotopic (exact) mass is 367 g/mol. The summed E-state index contributed by atoms with van der Waals surface area (Å²) in [6.07, 6.45) is 6.83. The molecule has 0 N–H and O–H groups in total. The van der Waals surface area contributed by atoms with Gasteiger partial charge < -0.3 is 9.42 Å². The summed E-state index contributed by atoms with van der Waals surface area (Å²) in [4.78, 5) is 20.7. The van der Waals surface area contributed by atoms with Gasteiger partial charge in [0.25, 0.3) is 5.91 Å². The normalized spacial score (nSPS) is 16.3. The van der Waals surface area contributed by atoms with Crippen LogP contribution in [0.4, 0.5) is 0 Å². The second-order valence-corrected chi connectivity index (χ2v) is 8.12. The molecule has 0 saturated carbocycles. The second-order valence-electron chi connectivity index (χ2n) is 6.98. The van der Waals surface area contributed by atoms with Gasteiger partial charge in [-0.3, -0.25) is 9.78 Å². The zero-order valence-corrected chi connectivity index (χ0v) is 15.8. The summed E-state index contributed by atoms with van der Waals surface area (Å²) in [6.45, 7) is 2.68. The van der Waals surface area contributed by atoms with Crippen molar-refractivity contribution in [2.24, 2.45) is 5.92 Å². The smallest absolute Gasteiger partial charge is 0.264 e. The van der Waals surface area contributed by atoms with Crippen LogP contribution < -0.4 is 0 Å². The third-order valence-electron chi connectivity index (χ3n) is 4.81. The number of pyridine rings is 1. The first-order chi connectivity index (χ1) is 12.6. The number of nitrogens with zero attached hydrogens (tertiary/aromatic N) is 3. The quantitative estimate of drug-likeness (QED) is 0.693. The number of aryl methyl sites for hydroxylation is 1. The zero-order valence-electron chi connectivity index (χ0n) is 14.9. The summed E-state index contributed by atoms with van der Waals surface area (Å²) in [6, 6.07) is 7.72. The van der Waals surface area contributed by atoms with Crippen molar-refractivity contribution in [3.63, 3.8) is 0 Å². The van der Waals surface area contributed by atoms with Crippen LogP contribution >= 0.6 is 11.3 Å². The Balaban J connectivity index is 1.46. The van der Waals surface area contributed by atoms with Crippen molar-refractivity contribution < 1.29 is 9.32 Å². The lowest BCUT2D eigenvalue weighted by Crippen LogP contribution is -2.25. The Morgan fingerprint density at radius 1 is 1.35 bits per heavy atom. The third-order valence-corrected chi connectivity index (χ3v) is 6.04. The summed E-state index contributed by atoms with van der Waals surface area (Å²) >= 11 is 1.64. The maximum Gasteiger partial charge on any atom is 0.264 e. The molecule has 0 radical (unpaired) electrons. The molecule has 0 fully saturated rings. The van der Waals surface area contributed by atoms with Gasteiger partial charge in [0.1, 0.15) is 5.69 Å². The van der Waals surface area contributed by atoms with Crippen LogP contribution in [0.2, 0.25) is 0 Å². The first-order valence-corrected chi connectivity index (χ1v) is 9.65. The van der Waals surface area contributed by atoms with E-state index in [1.165, 1.54) is 16.9 Å². The lowest BCUT2D eigenvalue weighted by Gasteiger charge is -2.16. The minimum Gasteiger partial charge on any atom is -0.359 e. The van der Waals surface area contributed by atoms with E-state index in [2.05, 4.69) is 23.1 Å². The van der Waals surface area contributed by atoms with Gasteiger partial charge in [0, 0.05) is 35.9 Å². The Bertz CT molecular complexity index is 916. The average Bonchev–Trinajstić information content (AvgIpc) is 3.28. The third kappa shape index (κ3) is 3.42. The number of fused-ring (bicyclic) bond motifs is 1. The van der Waals surface area contributed by atoms with Crippen molar-refractivity contribution in [1.82, 2.24) is 15.0 Å². The Morgan fingerprint density at radius 2 is 2.15 bits per heavy atom. The SMILES string of the molecule is C[C@@H]1CCc2sc(C(=O)N(C)Cc3cc(-c4ccncc4)no3)cc2C1. The minimum absolute atomic E-state index is 0.0407. The molecule has 0 saturated heterocycles. The fraction of sp³-hybridized carbons (Fsp3) is 0.350. The van der Waals surface area contributed by atoms with Crippen molar-refractivity contribution in [2.45, 2.75) is 32.7 Å². The molecule has 0 aliphatic heterocycles. The molecule has 1 atom stereocenters. The molecule has 3 aromatic heterocycles. The van der Waals surface area contributed by atoms with Gasteiger partial charge in [0.05, 0.1) is 11.4 Å². The van der Waals surface area contributed by atoms with Crippen LogP contribution in [0.15, 0.2) is 41.2 Å². The predicted molar refractivity (Wildman–Crippen MR) is 101 cm³/mol. The van der Waals surface area contributed by atoms with Gasteiger partial charge in [0.15, 0.2) is 5.76 Å². The highest BCUT2D eigenvalue weighted by atomic mass is 32.1. The maximum absolute atomic E-state index is 12.8. The topological polar surface area (TPSA) is 59.2 Å². The number of thiophene rings is 1. The summed E-state index contributed by atoms with van der Waals surface area (Å²) in [5, 5.41) is 4.09. The van der Waals surface area contributed by atoms with E-state index in [-0.39, 0.29) is 5.91 Å². The lowest BCUT2D eigenvalue weighted by molar-refractivity contribution is 0.0777. The average molecular weight is 367 g/mol. The molecule has 0 unspecified atom stereocenters. The zero-order chi connectivity index (χ0) is 18.1. The highest BCUT2D eigenvalue weighted by Gasteiger charge is 2.23. The molecule has 4 rings (SSSR count). The number of aromatic nitrogens is 2. The molecule has 1 aliphatic carbocycles. The van der Waals surface area contributed by atoms with Gasteiger partial charge in [-0.05, 0) is 48.9 Å². The maximum atomic E-state index is 12.8. The molecule has 0 spiro atoms. The first kappa shape index (κ1) is 17.0. The largest absolute Gasteiger partial charge is 0.359 e. The van der Waals surface area contributed by atoms with Crippen LogP contribution in [0.1, 0.15) is 39.2 Å². The summed E-state index contributed by atoms with van der Waals surface area (Å²) in [7, 11) is 1.80. The van der Waals surface area contributed by atoms with Gasteiger partial charge in [-0.25, -0.2) is 0 Å². The van der Waals surface area contributed by atoms with Crippen LogP contribution in [-0.2, 0) is 19.4 Å². The van der Waals surface area contributed by atoms with E-state index in [4.69, 9.17) is 4.52 Å². The van der Waals surface area contributed by atoms with E-state index in [1.54, 1.807) is 35.7 Å². The van der Waals surface area contributed by atoms with Crippen LogP contribution in [0.3, 0.4) is 0 Å². The van der Waals surface area contributed by atoms with E-state index < -0.39 is 0 Å². The Kier molecular flexibility index (Phi) is 4.59. The van der Waals surface area contributed by atoms with Gasteiger partial charge in [0.2, 0.25) is 0 Å². The number of amides is 1. The Labute approximate surface area is 156 Å². The first-order valence-electron chi connectivity index (χ1n) is 8.83. The molecular weight excluding hydrogens is 346 g/mol. The minimum atomic E-state index is 0.0407. The number of carbonyl (C=O) groups is 1. The van der Waals surface area contributed by atoms with Gasteiger partial charge >= 0.3 is 0 Å². The molecule has 3 aromatic rings. The lowest BCUT2D eigenvalue weighted by atomic mass is 9.90. The molecule has 5 nitrogen and oxygen atoms in total. The molecule has 3 heterocycles. The van der Waals surface area contributed by atoms with Crippen LogP contribution in [0, 0.1) is 5.92 Å². The van der Waals surface area contributed by atoms with E-state index in [9.17, 15) is 4.79 Å². The Hall–Kier alpha value is -2.47. The number of carbonyl (C=O) groups excluding carboxylic acids is 1. The fourth-order valence-corrected chi connectivity index (χ4v) is 4.55.